The van der Waals surface area contributed by atoms with E-state index >= 15 is 0 Å². The molecule has 2 aromatic carbocycles. The molecule has 4 rings (SSSR count). The van der Waals surface area contributed by atoms with Gasteiger partial charge >= 0.3 is 5.97 Å². The maximum absolute atomic E-state index is 14.1. The number of methoxy groups -OCH3 is 2. The van der Waals surface area contributed by atoms with Crippen molar-refractivity contribution < 1.29 is 28.2 Å². The molecule has 35 heavy (non-hydrogen) atoms. The van der Waals surface area contributed by atoms with Crippen LogP contribution in [0.5, 0.6) is 5.75 Å². The van der Waals surface area contributed by atoms with Gasteiger partial charge in [-0.25, -0.2) is 9.18 Å². The molecule has 184 valence electrons. The number of nitrogens with one attached hydrogen (secondary N) is 1. The molecule has 1 heterocycles. The molecular weight excluding hydrogens is 517 g/mol. The van der Waals surface area contributed by atoms with Gasteiger partial charge in [-0.05, 0) is 46.6 Å². The number of carbonyl (C=O) groups is 2. The first-order chi connectivity index (χ1) is 16.8. The fraction of sp³-hybridized carbons (Fsp3) is 0.333. The minimum atomic E-state index is -0.632. The van der Waals surface area contributed by atoms with E-state index in [1.165, 1.54) is 13.2 Å². The summed E-state index contributed by atoms with van der Waals surface area (Å²) in [5.41, 5.74) is 3.23. The van der Waals surface area contributed by atoms with Crippen molar-refractivity contribution >= 4 is 27.7 Å². The van der Waals surface area contributed by atoms with Crippen molar-refractivity contribution in [1.82, 2.24) is 5.32 Å². The quantitative estimate of drug-likeness (QED) is 0.391. The first-order valence-corrected chi connectivity index (χ1v) is 12.1. The third-order valence-corrected chi connectivity index (χ3v) is 7.05. The van der Waals surface area contributed by atoms with Crippen molar-refractivity contribution in [3.63, 3.8) is 0 Å². The second kappa shape index (κ2) is 10.7. The highest BCUT2D eigenvalue weighted by atomic mass is 79.9. The predicted octanol–water partition coefficient (Wildman–Crippen LogP) is 5.00. The molecule has 1 aliphatic heterocycles. The molecule has 0 fully saturated rings. The Hall–Kier alpha value is -2.97. The zero-order valence-corrected chi connectivity index (χ0v) is 21.4. The van der Waals surface area contributed by atoms with Crippen LogP contribution in [0.4, 0.5) is 4.39 Å². The third kappa shape index (κ3) is 5.04. The maximum Gasteiger partial charge on any atom is 0.336 e. The SMILES string of the molecule is COCCOC(=O)C1=C(C)NC2=CC(c3ccccc3OC)CC(=O)C2C1c1ccc(F)c(Br)c1. The Morgan fingerprint density at radius 2 is 1.91 bits per heavy atom. The van der Waals surface area contributed by atoms with Gasteiger partial charge in [0, 0.05) is 42.3 Å². The largest absolute Gasteiger partial charge is 0.496 e. The molecule has 0 spiro atoms. The van der Waals surface area contributed by atoms with Crippen molar-refractivity contribution in [1.29, 1.82) is 0 Å². The van der Waals surface area contributed by atoms with Gasteiger partial charge in [0.15, 0.2) is 0 Å². The molecule has 1 aliphatic carbocycles. The molecule has 0 bridgehead atoms. The van der Waals surface area contributed by atoms with Crippen LogP contribution in [0.1, 0.15) is 36.3 Å². The smallest absolute Gasteiger partial charge is 0.336 e. The zero-order chi connectivity index (χ0) is 25.1. The van der Waals surface area contributed by atoms with Gasteiger partial charge < -0.3 is 19.5 Å². The van der Waals surface area contributed by atoms with Crippen LogP contribution in [-0.4, -0.2) is 39.2 Å². The van der Waals surface area contributed by atoms with Crippen LogP contribution in [-0.2, 0) is 19.1 Å². The number of rotatable bonds is 7. The minimum absolute atomic E-state index is 0.0222. The zero-order valence-electron chi connectivity index (χ0n) is 19.8. The van der Waals surface area contributed by atoms with E-state index in [1.807, 2.05) is 30.3 Å². The summed E-state index contributed by atoms with van der Waals surface area (Å²) in [5.74, 6) is -1.70. The highest BCUT2D eigenvalue weighted by Crippen LogP contribution is 2.47. The Morgan fingerprint density at radius 3 is 2.63 bits per heavy atom. The first-order valence-electron chi connectivity index (χ1n) is 11.3. The number of Topliss-reactive ketones (excluding diaryl/α,β-unsaturated/α-hetero) is 1. The number of ketones is 1. The molecule has 0 saturated carbocycles. The second-order valence-electron chi connectivity index (χ2n) is 8.56. The highest BCUT2D eigenvalue weighted by molar-refractivity contribution is 9.10. The maximum atomic E-state index is 14.1. The number of carbonyl (C=O) groups excluding carboxylic acids is 2. The van der Waals surface area contributed by atoms with Crippen LogP contribution in [0.3, 0.4) is 0 Å². The van der Waals surface area contributed by atoms with E-state index < -0.39 is 23.6 Å². The van der Waals surface area contributed by atoms with Gasteiger partial charge in [0.05, 0.1) is 29.7 Å². The summed E-state index contributed by atoms with van der Waals surface area (Å²) in [5, 5.41) is 3.29. The summed E-state index contributed by atoms with van der Waals surface area (Å²) in [6.45, 7) is 2.13. The summed E-state index contributed by atoms with van der Waals surface area (Å²) in [6, 6.07) is 12.2. The van der Waals surface area contributed by atoms with Gasteiger partial charge in [-0.3, -0.25) is 4.79 Å². The van der Waals surface area contributed by atoms with Crippen LogP contribution in [0.15, 0.2) is 70.0 Å². The summed E-state index contributed by atoms with van der Waals surface area (Å²) in [6.07, 6.45) is 2.28. The van der Waals surface area contributed by atoms with Gasteiger partial charge in [0.1, 0.15) is 24.0 Å². The number of esters is 1. The molecule has 0 radical (unpaired) electrons. The van der Waals surface area contributed by atoms with Crippen LogP contribution in [0, 0.1) is 11.7 Å². The summed E-state index contributed by atoms with van der Waals surface area (Å²) < 4.78 is 30.3. The van der Waals surface area contributed by atoms with Crippen molar-refractivity contribution in [2.75, 3.05) is 27.4 Å². The normalized spacial score (nSPS) is 21.7. The Kier molecular flexibility index (Phi) is 7.72. The lowest BCUT2D eigenvalue weighted by atomic mass is 9.68. The molecule has 3 atom stereocenters. The first kappa shape index (κ1) is 25.1. The monoisotopic (exact) mass is 543 g/mol. The van der Waals surface area contributed by atoms with Gasteiger partial charge in [-0.1, -0.05) is 30.3 Å². The highest BCUT2D eigenvalue weighted by Gasteiger charge is 2.45. The number of benzene rings is 2. The lowest BCUT2D eigenvalue weighted by Crippen LogP contribution is -2.42. The van der Waals surface area contributed by atoms with Crippen LogP contribution >= 0.6 is 15.9 Å². The number of allylic oxidation sites excluding steroid dienone is 3. The van der Waals surface area contributed by atoms with Crippen LogP contribution < -0.4 is 10.1 Å². The molecule has 8 heteroatoms. The number of hydrogen-bond acceptors (Lipinski definition) is 6. The minimum Gasteiger partial charge on any atom is -0.496 e. The predicted molar refractivity (Wildman–Crippen MR) is 132 cm³/mol. The molecule has 2 aromatic rings. The standard InChI is InChI=1S/C27H27BrFNO5/c1-15-24(27(32)35-11-10-33-2)25(16-8-9-20(29)19(28)12-16)26-21(30-15)13-17(14-22(26)31)18-6-4-5-7-23(18)34-3/h4-9,12-13,17,25-26,30H,10-11,14H2,1-3H3. The van der Waals surface area contributed by atoms with Gasteiger partial charge in [-0.2, -0.15) is 0 Å². The second-order valence-corrected chi connectivity index (χ2v) is 9.42. The fourth-order valence-corrected chi connectivity index (χ4v) is 5.27. The van der Waals surface area contributed by atoms with Crippen molar-refractivity contribution in [3.05, 3.63) is 86.9 Å². The Balaban J connectivity index is 1.81. The summed E-state index contributed by atoms with van der Waals surface area (Å²) >= 11 is 3.24. The third-order valence-electron chi connectivity index (χ3n) is 6.45. The number of para-hydroxylation sites is 1. The Morgan fingerprint density at radius 1 is 1.14 bits per heavy atom. The van der Waals surface area contributed by atoms with Gasteiger partial charge in [0.25, 0.3) is 0 Å². The topological polar surface area (TPSA) is 73.9 Å². The van der Waals surface area contributed by atoms with E-state index in [0.717, 1.165) is 5.56 Å². The average molecular weight is 544 g/mol. The molecule has 0 amide bonds. The fourth-order valence-electron chi connectivity index (χ4n) is 4.88. The lowest BCUT2D eigenvalue weighted by molar-refractivity contribution is -0.141. The molecule has 0 aromatic heterocycles. The van der Waals surface area contributed by atoms with Gasteiger partial charge in [0.2, 0.25) is 0 Å². The number of halogens is 2. The van der Waals surface area contributed by atoms with E-state index in [0.29, 0.717) is 28.3 Å². The molecule has 2 aliphatic rings. The van der Waals surface area contributed by atoms with Crippen molar-refractivity contribution in [3.8, 4) is 5.75 Å². The van der Waals surface area contributed by atoms with E-state index in [1.54, 1.807) is 26.2 Å². The Labute approximate surface area is 212 Å². The lowest BCUT2D eigenvalue weighted by Gasteiger charge is -2.39. The van der Waals surface area contributed by atoms with Crippen LogP contribution in [0.2, 0.25) is 0 Å². The van der Waals surface area contributed by atoms with E-state index in [2.05, 4.69) is 21.2 Å². The summed E-state index contributed by atoms with van der Waals surface area (Å²) in [7, 11) is 3.13. The van der Waals surface area contributed by atoms with E-state index in [-0.39, 0.29) is 35.8 Å². The number of fused-ring (bicyclic) bond motifs is 1. The number of hydrogen-bond donors (Lipinski definition) is 1. The van der Waals surface area contributed by atoms with Crippen LogP contribution in [0.25, 0.3) is 0 Å². The van der Waals surface area contributed by atoms with Crippen molar-refractivity contribution in [2.24, 2.45) is 5.92 Å². The molecule has 0 saturated heterocycles. The molecule has 1 N–H and O–H groups in total. The Bertz CT molecular complexity index is 1210. The average Bonchev–Trinajstić information content (AvgIpc) is 2.84. The summed E-state index contributed by atoms with van der Waals surface area (Å²) in [4.78, 5) is 26.8. The molecule has 6 nitrogen and oxygen atoms in total. The van der Waals surface area contributed by atoms with E-state index in [4.69, 9.17) is 14.2 Å². The van der Waals surface area contributed by atoms with E-state index in [9.17, 15) is 14.0 Å². The molecular formula is C27H27BrFNO5. The number of ether oxygens (including phenoxy) is 3. The molecule has 3 unspecified atom stereocenters. The van der Waals surface area contributed by atoms with Crippen molar-refractivity contribution in [2.45, 2.75) is 25.2 Å². The van der Waals surface area contributed by atoms with Gasteiger partial charge in [-0.15, -0.1) is 0 Å².